The Hall–Kier alpha value is -0.960. The first-order valence-electron chi connectivity index (χ1n) is 3.72. The van der Waals surface area contributed by atoms with Crippen LogP contribution in [0.3, 0.4) is 0 Å². The smallest absolute Gasteiger partial charge is 0.320 e. The molecular formula is C9H11AmNO2. The zero-order valence-electron chi connectivity index (χ0n) is 6.98. The first kappa shape index (κ1) is 12.0. The van der Waals surface area contributed by atoms with Crippen molar-refractivity contribution < 1.29 is 24.2 Å². The summed E-state index contributed by atoms with van der Waals surface area (Å²) in [7, 11) is 0. The van der Waals surface area contributed by atoms with Gasteiger partial charge in [0.05, 0.1) is 0 Å². The minimum atomic E-state index is -0.959. The van der Waals surface area contributed by atoms with E-state index >= 15 is 0 Å². The Morgan fingerprint density at radius 3 is 2.38 bits per heavy atom. The summed E-state index contributed by atoms with van der Waals surface area (Å²) in [4.78, 5) is 10.4. The quantitative estimate of drug-likeness (QED) is 0.772. The Kier molecular flexibility index (Phi) is 5.23. The van der Waals surface area contributed by atoms with Crippen molar-refractivity contribution in [2.75, 3.05) is 0 Å². The number of carboxylic acid groups (broad SMARTS) is 1. The van der Waals surface area contributed by atoms with Crippen LogP contribution in [0.1, 0.15) is 5.56 Å². The van der Waals surface area contributed by atoms with Crippen molar-refractivity contribution in [3.63, 3.8) is 0 Å². The standard InChI is InChI=1S/C9H11NO2.Am/c10-8(9(11)12)6-7-4-2-1-3-5-7;/h1-5,8H,6,10H2,(H,11,12);/t8-;/m0./s1. The Labute approximate surface area is 84.8 Å². The van der Waals surface area contributed by atoms with Crippen LogP contribution >= 0.6 is 0 Å². The van der Waals surface area contributed by atoms with Crippen LogP contribution in [0.25, 0.3) is 0 Å². The Balaban J connectivity index is 0.00000144. The summed E-state index contributed by atoms with van der Waals surface area (Å²) in [6.07, 6.45) is 0.385. The molecule has 3 nitrogen and oxygen atoms in total. The molecule has 0 heterocycles. The van der Waals surface area contributed by atoms with Crippen molar-refractivity contribution in [3.05, 3.63) is 35.9 Å². The molecule has 0 amide bonds. The maximum atomic E-state index is 10.4. The Morgan fingerprint density at radius 1 is 1.38 bits per heavy atom. The molecule has 1 radical (unpaired) electrons. The van der Waals surface area contributed by atoms with Gasteiger partial charge in [-0.05, 0) is 12.0 Å². The summed E-state index contributed by atoms with van der Waals surface area (Å²) in [6.45, 7) is 0. The van der Waals surface area contributed by atoms with E-state index in [2.05, 4.69) is 0 Å². The molecule has 0 aliphatic heterocycles. The molecule has 0 saturated carbocycles. The van der Waals surface area contributed by atoms with Crippen molar-refractivity contribution in [3.8, 4) is 0 Å². The third kappa shape index (κ3) is 3.99. The van der Waals surface area contributed by atoms with Gasteiger partial charge in [-0.3, -0.25) is 4.79 Å². The van der Waals surface area contributed by atoms with E-state index in [1.54, 1.807) is 0 Å². The van der Waals surface area contributed by atoms with Crippen molar-refractivity contribution in [2.45, 2.75) is 12.5 Å². The number of nitrogens with two attached hydrogens (primary N) is 1. The number of carboxylic acids is 1. The third-order valence-electron chi connectivity index (χ3n) is 1.62. The van der Waals surface area contributed by atoms with Crippen LogP contribution < -0.4 is 5.73 Å². The maximum absolute atomic E-state index is 10.4. The molecule has 13 heavy (non-hydrogen) atoms. The molecule has 1 aromatic carbocycles. The first-order valence-corrected chi connectivity index (χ1v) is 3.72. The van der Waals surface area contributed by atoms with E-state index in [1.807, 2.05) is 30.3 Å². The van der Waals surface area contributed by atoms with E-state index in [0.29, 0.717) is 6.42 Å². The normalized spacial score (nSPS) is 11.5. The van der Waals surface area contributed by atoms with Gasteiger partial charge in [0.15, 0.2) is 0 Å². The number of aliphatic carboxylic acids is 1. The Morgan fingerprint density at radius 2 is 1.92 bits per heavy atom. The van der Waals surface area contributed by atoms with Crippen molar-refractivity contribution >= 4 is 5.97 Å². The molecule has 0 aliphatic rings. The molecule has 0 fully saturated rings. The molecule has 3 N–H and O–H groups in total. The van der Waals surface area contributed by atoms with Crippen molar-refractivity contribution in [1.82, 2.24) is 0 Å². The molecular weight excluding hydrogens is 397 g/mol. The molecule has 71 valence electrons. The monoisotopic (exact) mass is 406 g/mol. The van der Waals surface area contributed by atoms with Crippen LogP contribution in [0.5, 0.6) is 0 Å². The summed E-state index contributed by atoms with van der Waals surface area (Å²) in [6, 6.07) is 8.54. The van der Waals surface area contributed by atoms with E-state index in [-0.39, 0.29) is 14.3 Å². The van der Waals surface area contributed by atoms with Crippen LogP contribution in [0.2, 0.25) is 0 Å². The SMILES string of the molecule is N[C@@H](Cc1ccccc1)C(=O)O.[Am]. The summed E-state index contributed by atoms with van der Waals surface area (Å²) in [5, 5.41) is 8.52. The number of carbonyl (C=O) groups is 1. The summed E-state index contributed by atoms with van der Waals surface area (Å²) in [5.41, 5.74) is 6.30. The van der Waals surface area contributed by atoms with Gasteiger partial charge in [-0.2, -0.15) is 0 Å². The van der Waals surface area contributed by atoms with Gasteiger partial charge in [0, 0.05) is 14.3 Å². The van der Waals surface area contributed by atoms with Gasteiger partial charge >= 0.3 is 5.97 Å². The molecule has 0 spiro atoms. The van der Waals surface area contributed by atoms with E-state index < -0.39 is 12.0 Å². The summed E-state index contributed by atoms with van der Waals surface area (Å²) >= 11 is 0. The van der Waals surface area contributed by atoms with Gasteiger partial charge in [0.1, 0.15) is 6.04 Å². The zero-order chi connectivity index (χ0) is 8.97. The number of rotatable bonds is 3. The minimum absolute atomic E-state index is 0. The second-order valence-corrected chi connectivity index (χ2v) is 2.63. The van der Waals surface area contributed by atoms with Gasteiger partial charge in [-0.25, -0.2) is 0 Å². The van der Waals surface area contributed by atoms with Crippen LogP contribution in [0.4, 0.5) is 0 Å². The molecule has 0 aromatic heterocycles. The van der Waals surface area contributed by atoms with E-state index in [1.165, 1.54) is 0 Å². The second kappa shape index (κ2) is 5.65. The first-order chi connectivity index (χ1) is 5.70. The second-order valence-electron chi connectivity index (χ2n) is 2.63. The molecule has 0 unspecified atom stereocenters. The van der Waals surface area contributed by atoms with Crippen molar-refractivity contribution in [1.29, 1.82) is 0 Å². The van der Waals surface area contributed by atoms with E-state index in [4.69, 9.17) is 10.8 Å². The van der Waals surface area contributed by atoms with Crippen LogP contribution in [0.15, 0.2) is 30.3 Å². The van der Waals surface area contributed by atoms with Gasteiger partial charge in [0.25, 0.3) is 0 Å². The number of benzene rings is 1. The van der Waals surface area contributed by atoms with Crippen LogP contribution in [-0.2, 0) is 11.2 Å². The minimum Gasteiger partial charge on any atom is -0.480 e. The zero-order valence-corrected chi connectivity index (χ0v) is 10.1. The van der Waals surface area contributed by atoms with Crippen molar-refractivity contribution in [2.24, 2.45) is 5.73 Å². The maximum Gasteiger partial charge on any atom is 0.320 e. The molecule has 0 aliphatic carbocycles. The molecule has 1 aromatic rings. The van der Waals surface area contributed by atoms with Crippen LogP contribution in [0, 0.1) is 14.3 Å². The predicted octanol–water partition coefficient (Wildman–Crippen LogP) is 0.641. The largest absolute Gasteiger partial charge is 0.480 e. The topological polar surface area (TPSA) is 63.3 Å². The summed E-state index contributed by atoms with van der Waals surface area (Å²) in [5.74, 6) is -0.959. The predicted molar refractivity (Wildman–Crippen MR) is 45.8 cm³/mol. The molecule has 0 bridgehead atoms. The Bertz CT molecular complexity index is 264. The average Bonchev–Trinajstić information content (AvgIpc) is 2.06. The number of hydrogen-bond donors (Lipinski definition) is 2. The van der Waals surface area contributed by atoms with E-state index in [9.17, 15) is 4.79 Å². The molecule has 1 rings (SSSR count). The van der Waals surface area contributed by atoms with Gasteiger partial charge in [-0.1, -0.05) is 30.3 Å². The summed E-state index contributed by atoms with van der Waals surface area (Å²) < 4.78 is 0. The van der Waals surface area contributed by atoms with E-state index in [0.717, 1.165) is 5.56 Å². The van der Waals surface area contributed by atoms with Gasteiger partial charge in [-0.15, -0.1) is 0 Å². The fourth-order valence-electron chi connectivity index (χ4n) is 0.955. The fourth-order valence-corrected chi connectivity index (χ4v) is 0.955. The third-order valence-corrected chi connectivity index (χ3v) is 1.62. The van der Waals surface area contributed by atoms with Gasteiger partial charge < -0.3 is 10.8 Å². The number of hydrogen-bond acceptors (Lipinski definition) is 2. The molecule has 0 saturated heterocycles. The molecule has 4 heteroatoms. The average molecular weight is 408 g/mol. The fraction of sp³-hybridized carbons (Fsp3) is 0.222. The van der Waals surface area contributed by atoms with Gasteiger partial charge in [0.2, 0.25) is 0 Å². The van der Waals surface area contributed by atoms with Crippen LogP contribution in [-0.4, -0.2) is 17.1 Å². The molecule has 1 atom stereocenters.